The van der Waals surface area contributed by atoms with Crippen molar-refractivity contribution in [1.29, 1.82) is 0 Å². The van der Waals surface area contributed by atoms with Crippen LogP contribution in [0.5, 0.6) is 5.75 Å². The third-order valence-corrected chi connectivity index (χ3v) is 16.5. The molecule has 0 radical (unpaired) electrons. The lowest BCUT2D eigenvalue weighted by Gasteiger charge is -2.27. The number of esters is 1. The number of halogens is 1. The zero-order chi connectivity index (χ0) is 62.0. The highest BCUT2D eigenvalue weighted by Gasteiger charge is 2.42. The first-order valence-corrected chi connectivity index (χ1v) is 30.3. The molecular weight excluding hydrogens is 1220 g/mol. The Kier molecular flexibility index (Phi) is 29.2. The number of ketones is 1. The second kappa shape index (κ2) is 35.3. The molecule has 462 valence electrons. The summed E-state index contributed by atoms with van der Waals surface area (Å²) in [6.45, 7) is 7.34. The highest BCUT2D eigenvalue weighted by atomic mass is 125. The largest absolute Gasteiger partial charge is 0.507 e. The quantitative estimate of drug-likeness (QED) is 0.0200. The summed E-state index contributed by atoms with van der Waals surface area (Å²) >= 11 is 3.77. The van der Waals surface area contributed by atoms with Gasteiger partial charge in [0.05, 0.1) is 27.6 Å². The molecule has 12 N–H and O–H groups in total. The molecule has 2 aliphatic heterocycles. The van der Waals surface area contributed by atoms with Crippen LogP contribution in [0, 0.1) is 23.3 Å². The van der Waals surface area contributed by atoms with Crippen molar-refractivity contribution in [3.8, 4) is 5.75 Å². The number of phenols is 1. The summed E-state index contributed by atoms with van der Waals surface area (Å²) in [5.41, 5.74) is 2.02. The molecule has 0 spiro atoms. The zero-order valence-electron chi connectivity index (χ0n) is 48.0. The molecule has 2 aliphatic rings. The minimum Gasteiger partial charge on any atom is -0.507 e. The molecule has 27 heteroatoms. The number of phenolic OH excluding ortho intramolecular Hbond substituents is 1. The van der Waals surface area contributed by atoms with E-state index in [4.69, 9.17) is 4.74 Å². The Hall–Kier alpha value is -7.04. The number of Topliss-reactive ketones (excluding diaryl/α,β-unsaturated/α-hetero) is 1. The number of unbranched alkanes of at least 4 members (excludes halogenated alkanes) is 4. The third kappa shape index (κ3) is 23.9. The first kappa shape index (κ1) is 69.5. The Bertz CT molecular complexity index is 2680. The average molecular weight is 1300 g/mol. The lowest BCUT2D eigenvalue weighted by molar-refractivity contribution is -0.141. The van der Waals surface area contributed by atoms with Crippen molar-refractivity contribution in [2.24, 2.45) is 5.92 Å². The summed E-state index contributed by atoms with van der Waals surface area (Å²) in [4.78, 5) is 154. The number of aryl methyl sites for hydroxylation is 2. The van der Waals surface area contributed by atoms with Gasteiger partial charge in [-0.15, -0.1) is 0 Å². The van der Waals surface area contributed by atoms with Crippen molar-refractivity contribution >= 4 is 105 Å². The zero-order valence-corrected chi connectivity index (χ0v) is 51.0. The number of hydrogen-bond donors (Lipinski definition) is 12. The highest BCUT2D eigenvalue weighted by Crippen LogP contribution is 2.33. The number of carboxylic acid groups (broad SMARTS) is 2. The van der Waals surface area contributed by atoms with E-state index in [1.165, 1.54) is 13.0 Å². The van der Waals surface area contributed by atoms with Crippen LogP contribution in [0.25, 0.3) is 0 Å². The van der Waals surface area contributed by atoms with Crippen LogP contribution in [0.3, 0.4) is 0 Å². The first-order chi connectivity index (χ1) is 39.8. The molecule has 25 nitrogen and oxygen atoms in total. The number of aromatic hydroxyl groups is 1. The lowest BCUT2D eigenvalue weighted by Crippen LogP contribution is -2.57. The number of amides is 9. The van der Waals surface area contributed by atoms with Gasteiger partial charge in [-0.25, -0.2) is 9.59 Å². The van der Waals surface area contributed by atoms with Crippen LogP contribution < -0.4 is 47.9 Å². The van der Waals surface area contributed by atoms with Crippen molar-refractivity contribution in [3.05, 3.63) is 62.2 Å². The molecule has 2 aromatic carbocycles. The molecule has 2 heterocycles. The minimum atomic E-state index is -1.67. The molecule has 0 aromatic heterocycles. The Morgan fingerprint density at radius 2 is 1.33 bits per heavy atom. The van der Waals surface area contributed by atoms with E-state index < -0.39 is 115 Å². The van der Waals surface area contributed by atoms with Gasteiger partial charge in [0.1, 0.15) is 36.0 Å². The molecule has 2 saturated heterocycles. The molecule has 4 rings (SSSR count). The van der Waals surface area contributed by atoms with Gasteiger partial charge >= 0.3 is 23.9 Å². The number of nitrogens with one attached hydrogen (secondary N) is 9. The highest BCUT2D eigenvalue weighted by molar-refractivity contribution is 14.1. The van der Waals surface area contributed by atoms with Gasteiger partial charge < -0.3 is 67.9 Å². The summed E-state index contributed by atoms with van der Waals surface area (Å²) in [5, 5.41) is 53.8. The van der Waals surface area contributed by atoms with Gasteiger partial charge in [-0.2, -0.15) is 11.8 Å². The molecule has 84 heavy (non-hydrogen) atoms. The molecule has 9 amide bonds. The fourth-order valence-corrected chi connectivity index (χ4v) is 11.7. The van der Waals surface area contributed by atoms with Gasteiger partial charge in [-0.1, -0.05) is 51.0 Å². The van der Waals surface area contributed by atoms with Gasteiger partial charge in [-0.3, -0.25) is 47.9 Å². The standard InChI is InChI=1S/C57H80IN9O16S/c1-31(2)50(55(80)63-39(28-48(75)76)43(70)29-83-56(81)49-32(3)14-13-15-33(49)4)66-54(79)38(21-23-47(73)74)62-46(72)19-7-6-11-25-60-52(77)40(27-35-20-22-42(69)36(58)26-35)64-53(78)37(61-34(5)68)16-10-12-24-59-45(71)18-9-8-17-44-51-41(30-84-44)65-57(82)67-51/h13-15,20,22,26,31,37-41,44,50-51,69H,6-12,16-19,21,23-25,27-30H2,1-5H3,(H,59,71)(H,60,77)(H,61,68)(H,62,72)(H,63,80)(H,64,78)(H,66,79)(H,73,74)(H,75,76)(H2,65,67,82)/t37-,38-,39-,40-,41+,44?,50-,51+/m0/s1/i58-2. The van der Waals surface area contributed by atoms with E-state index in [2.05, 4.69) is 47.9 Å². The maximum Gasteiger partial charge on any atom is 0.339 e. The molecular formula is C57H80IN9O16S. The number of benzene rings is 2. The van der Waals surface area contributed by atoms with E-state index in [1.807, 2.05) is 34.4 Å². The summed E-state index contributed by atoms with van der Waals surface area (Å²) < 4.78 is 5.71. The summed E-state index contributed by atoms with van der Waals surface area (Å²) in [6, 6.07) is 3.35. The number of ether oxygens (including phenoxy) is 1. The summed E-state index contributed by atoms with van der Waals surface area (Å²) in [5.74, 6) is -8.46. The molecule has 2 aromatic rings. The van der Waals surface area contributed by atoms with Crippen molar-refractivity contribution in [3.63, 3.8) is 0 Å². The van der Waals surface area contributed by atoms with Crippen LogP contribution in [0.4, 0.5) is 4.79 Å². The molecule has 0 saturated carbocycles. The van der Waals surface area contributed by atoms with Crippen LogP contribution in [0.15, 0.2) is 36.4 Å². The van der Waals surface area contributed by atoms with E-state index in [1.54, 1.807) is 58.0 Å². The number of aliphatic carboxylic acids is 2. The molecule has 1 unspecified atom stereocenters. The molecule has 0 aliphatic carbocycles. The average Bonchev–Trinajstić information content (AvgIpc) is 4.17. The minimum absolute atomic E-state index is 0.0269. The molecule has 8 atom stereocenters. The predicted molar refractivity (Wildman–Crippen MR) is 317 cm³/mol. The van der Waals surface area contributed by atoms with Crippen LogP contribution in [-0.4, -0.2) is 159 Å². The van der Waals surface area contributed by atoms with Gasteiger partial charge in [0.15, 0.2) is 12.4 Å². The van der Waals surface area contributed by atoms with Crippen LogP contribution in [0.1, 0.15) is 138 Å². The van der Waals surface area contributed by atoms with Crippen LogP contribution in [-0.2, 0) is 59.1 Å². The Morgan fingerprint density at radius 3 is 2.00 bits per heavy atom. The Morgan fingerprint density at radius 1 is 0.690 bits per heavy atom. The van der Waals surface area contributed by atoms with E-state index in [9.17, 15) is 72.9 Å². The monoisotopic (exact) mass is 1300 g/mol. The second-order valence-electron chi connectivity index (χ2n) is 21.4. The van der Waals surface area contributed by atoms with E-state index in [0.717, 1.165) is 18.6 Å². The number of carboxylic acids is 2. The number of hydrogen-bond acceptors (Lipinski definition) is 15. The van der Waals surface area contributed by atoms with Crippen LogP contribution >= 0.6 is 34.4 Å². The smallest absolute Gasteiger partial charge is 0.339 e. The van der Waals surface area contributed by atoms with Crippen LogP contribution in [0.2, 0.25) is 0 Å². The van der Waals surface area contributed by atoms with Gasteiger partial charge in [0.25, 0.3) is 0 Å². The topological polar surface area (TPSA) is 383 Å². The Labute approximate surface area is 506 Å². The van der Waals surface area contributed by atoms with E-state index in [0.29, 0.717) is 70.6 Å². The predicted octanol–water partition coefficient (Wildman–Crippen LogP) is 2.71. The molecule has 0 bridgehead atoms. The fourth-order valence-electron chi connectivity index (χ4n) is 9.61. The van der Waals surface area contributed by atoms with Gasteiger partial charge in [0.2, 0.25) is 41.4 Å². The number of carbonyl (C=O) groups excluding carboxylic acids is 10. The maximum atomic E-state index is 13.8. The number of carbonyl (C=O) groups is 12. The number of thioether (sulfide) groups is 1. The van der Waals surface area contributed by atoms with Gasteiger partial charge in [0, 0.05) is 56.7 Å². The van der Waals surface area contributed by atoms with E-state index in [-0.39, 0.29) is 74.0 Å². The van der Waals surface area contributed by atoms with Gasteiger partial charge in [-0.05, 0) is 123 Å². The number of rotatable bonds is 37. The lowest BCUT2D eigenvalue weighted by atomic mass is 10.0. The van der Waals surface area contributed by atoms with Crippen molar-refractivity contribution in [1.82, 2.24) is 47.9 Å². The first-order valence-electron chi connectivity index (χ1n) is 28.2. The normalized spacial score (nSPS) is 16.9. The maximum absolute atomic E-state index is 13.8. The summed E-state index contributed by atoms with van der Waals surface area (Å²) in [7, 11) is 0. The number of fused-ring (bicyclic) bond motifs is 1. The third-order valence-electron chi connectivity index (χ3n) is 14.1. The molecule has 2 fully saturated rings. The fraction of sp³-hybridized carbons (Fsp3) is 0.579. The van der Waals surface area contributed by atoms with E-state index >= 15 is 0 Å². The van der Waals surface area contributed by atoms with Crippen molar-refractivity contribution < 1.29 is 77.6 Å². The van der Waals surface area contributed by atoms with Crippen molar-refractivity contribution in [2.45, 2.75) is 178 Å². The SMILES string of the molecule is CC(=O)N[C@@H](CCCCNC(=O)CCCCC1SC[C@H]2NC(=O)N[C@@H]12)C(=O)N[C@@H](Cc1ccc(O)c([125I])c1)C(=O)NCCCCCC(=O)N[C@@H](CCC(=O)O)C(=O)N[C@H](C(=O)N[C@@H](CC(=O)O)C(=O)COC(=O)c1c(C)cccc1C)C(C)C. The summed E-state index contributed by atoms with van der Waals surface area (Å²) in [6.07, 6.45) is 3.14. The van der Waals surface area contributed by atoms with Crippen molar-refractivity contribution in [2.75, 3.05) is 25.4 Å². The Balaban J connectivity index is 1.25. The number of urea groups is 1. The second-order valence-corrected chi connectivity index (χ2v) is 23.8.